The van der Waals surface area contributed by atoms with Crippen LogP contribution in [0.25, 0.3) is 22.8 Å². The number of tetrazole rings is 1. The van der Waals surface area contributed by atoms with E-state index in [1.807, 2.05) is 36.7 Å². The van der Waals surface area contributed by atoms with Crippen molar-refractivity contribution >= 4 is 0 Å². The largest absolute Gasteiger partial charge is 0.396 e. The average Bonchev–Trinajstić information content (AvgIpc) is 3.33. The predicted molar refractivity (Wildman–Crippen MR) is 88.9 cm³/mol. The maximum atomic E-state index is 9.47. The zero-order chi connectivity index (χ0) is 16.4. The summed E-state index contributed by atoms with van der Waals surface area (Å²) in [5, 5.41) is 23.5. The molecular formula is C17H20N6O. The fourth-order valence-corrected chi connectivity index (χ4v) is 3.56. The summed E-state index contributed by atoms with van der Waals surface area (Å²) in [5.74, 6) is 1.96. The van der Waals surface area contributed by atoms with Gasteiger partial charge in [-0.05, 0) is 30.4 Å². The molecule has 7 nitrogen and oxygen atoms in total. The zero-order valence-corrected chi connectivity index (χ0v) is 13.3. The van der Waals surface area contributed by atoms with Crippen LogP contribution in [0.15, 0.2) is 36.7 Å². The first-order valence-electron chi connectivity index (χ1n) is 8.33. The van der Waals surface area contributed by atoms with Crippen LogP contribution in [0.5, 0.6) is 0 Å². The zero-order valence-electron chi connectivity index (χ0n) is 13.3. The molecule has 1 aliphatic carbocycles. The van der Waals surface area contributed by atoms with E-state index in [0.717, 1.165) is 42.6 Å². The van der Waals surface area contributed by atoms with Crippen molar-refractivity contribution in [1.29, 1.82) is 0 Å². The van der Waals surface area contributed by atoms with Gasteiger partial charge in [0.05, 0.1) is 0 Å². The van der Waals surface area contributed by atoms with E-state index < -0.39 is 0 Å². The Bertz CT molecular complexity index is 780. The Kier molecular flexibility index (Phi) is 4.08. The summed E-state index contributed by atoms with van der Waals surface area (Å²) in [5.41, 5.74) is 1.99. The standard InChI is InChI=1S/C17H20N6O/c24-11-12-2-1-3-15(10-12)23-9-8-18-17(23)14-6-4-13(5-7-14)16-19-21-22-20-16/h4-9,12,15,24H,1-3,10-11H2,(H,19,20,21,22)/t12-,15-/m1/s1. The molecule has 4 rings (SSSR count). The lowest BCUT2D eigenvalue weighted by atomic mass is 9.86. The van der Waals surface area contributed by atoms with E-state index in [4.69, 9.17) is 0 Å². The highest BCUT2D eigenvalue weighted by molar-refractivity contribution is 5.63. The van der Waals surface area contributed by atoms with Crippen LogP contribution in [-0.2, 0) is 0 Å². The molecule has 0 spiro atoms. The number of hydrogen-bond acceptors (Lipinski definition) is 5. The number of aromatic nitrogens is 6. The minimum absolute atomic E-state index is 0.278. The number of nitrogens with zero attached hydrogens (tertiary/aromatic N) is 5. The third-order valence-corrected chi connectivity index (χ3v) is 4.82. The Morgan fingerprint density at radius 3 is 2.75 bits per heavy atom. The number of hydrogen-bond donors (Lipinski definition) is 2. The maximum absolute atomic E-state index is 9.47. The molecule has 0 aliphatic heterocycles. The van der Waals surface area contributed by atoms with Crippen molar-refractivity contribution in [2.45, 2.75) is 31.7 Å². The molecule has 1 aliphatic rings. The molecule has 24 heavy (non-hydrogen) atoms. The second-order valence-electron chi connectivity index (χ2n) is 6.34. The molecule has 0 bridgehead atoms. The Labute approximate surface area is 139 Å². The van der Waals surface area contributed by atoms with Crippen molar-refractivity contribution in [2.75, 3.05) is 6.61 Å². The number of aliphatic hydroxyl groups excluding tert-OH is 1. The SMILES string of the molecule is OC[C@@H]1CCC[C@@H](n2ccnc2-c2ccc(-c3nn[nH]n3)cc2)C1. The first kappa shape index (κ1) is 15.0. The quantitative estimate of drug-likeness (QED) is 0.769. The van der Waals surface area contributed by atoms with Gasteiger partial charge in [0.1, 0.15) is 5.82 Å². The van der Waals surface area contributed by atoms with Crippen LogP contribution in [0, 0.1) is 5.92 Å². The van der Waals surface area contributed by atoms with Gasteiger partial charge >= 0.3 is 0 Å². The summed E-state index contributed by atoms with van der Waals surface area (Å²) in [7, 11) is 0. The first-order valence-corrected chi connectivity index (χ1v) is 8.33. The Morgan fingerprint density at radius 2 is 2.00 bits per heavy atom. The molecule has 2 atom stereocenters. The molecule has 0 amide bonds. The van der Waals surface area contributed by atoms with Gasteiger partial charge in [-0.1, -0.05) is 30.7 Å². The molecule has 1 saturated carbocycles. The lowest BCUT2D eigenvalue weighted by Gasteiger charge is -2.30. The van der Waals surface area contributed by atoms with E-state index in [1.165, 1.54) is 0 Å². The fraction of sp³-hybridized carbons (Fsp3) is 0.412. The summed E-state index contributed by atoms with van der Waals surface area (Å²) < 4.78 is 2.26. The summed E-state index contributed by atoms with van der Waals surface area (Å²) in [6.45, 7) is 0.278. The van der Waals surface area contributed by atoms with Crippen molar-refractivity contribution in [3.63, 3.8) is 0 Å². The maximum Gasteiger partial charge on any atom is 0.204 e. The van der Waals surface area contributed by atoms with E-state index in [2.05, 4.69) is 30.2 Å². The van der Waals surface area contributed by atoms with Gasteiger partial charge in [-0.3, -0.25) is 0 Å². The summed E-state index contributed by atoms with van der Waals surface area (Å²) >= 11 is 0. The lowest BCUT2D eigenvalue weighted by Crippen LogP contribution is -2.21. The van der Waals surface area contributed by atoms with Crippen LogP contribution < -0.4 is 0 Å². The Hall–Kier alpha value is -2.54. The molecule has 0 unspecified atom stereocenters. The van der Waals surface area contributed by atoms with E-state index in [-0.39, 0.29) is 6.61 Å². The molecule has 2 heterocycles. The number of rotatable bonds is 4. The van der Waals surface area contributed by atoms with E-state index in [1.54, 1.807) is 0 Å². The summed E-state index contributed by atoms with van der Waals surface area (Å²) in [4.78, 5) is 4.56. The van der Waals surface area contributed by atoms with Gasteiger partial charge in [0.15, 0.2) is 0 Å². The minimum Gasteiger partial charge on any atom is -0.396 e. The van der Waals surface area contributed by atoms with Gasteiger partial charge in [-0.25, -0.2) is 4.98 Å². The third-order valence-electron chi connectivity index (χ3n) is 4.82. The molecule has 1 fully saturated rings. The second-order valence-corrected chi connectivity index (χ2v) is 6.34. The van der Waals surface area contributed by atoms with Gasteiger partial charge < -0.3 is 9.67 Å². The van der Waals surface area contributed by atoms with Crippen LogP contribution in [-0.4, -0.2) is 41.9 Å². The monoisotopic (exact) mass is 324 g/mol. The molecule has 124 valence electrons. The van der Waals surface area contributed by atoms with Crippen LogP contribution in [0.4, 0.5) is 0 Å². The molecular weight excluding hydrogens is 304 g/mol. The van der Waals surface area contributed by atoms with Crippen molar-refractivity contribution < 1.29 is 5.11 Å². The molecule has 1 aromatic carbocycles. The van der Waals surface area contributed by atoms with E-state index in [9.17, 15) is 5.11 Å². The highest BCUT2D eigenvalue weighted by Crippen LogP contribution is 2.35. The van der Waals surface area contributed by atoms with Gasteiger partial charge in [0, 0.05) is 36.2 Å². The average molecular weight is 324 g/mol. The fourth-order valence-electron chi connectivity index (χ4n) is 3.56. The highest BCUT2D eigenvalue weighted by atomic mass is 16.3. The molecule has 2 N–H and O–H groups in total. The Balaban J connectivity index is 1.60. The smallest absolute Gasteiger partial charge is 0.204 e. The Morgan fingerprint density at radius 1 is 1.17 bits per heavy atom. The van der Waals surface area contributed by atoms with Gasteiger partial charge in [-0.2, -0.15) is 5.21 Å². The second kappa shape index (κ2) is 6.52. The number of nitrogens with one attached hydrogen (secondary N) is 1. The van der Waals surface area contributed by atoms with Gasteiger partial charge in [0.2, 0.25) is 5.82 Å². The van der Waals surface area contributed by atoms with Gasteiger partial charge in [-0.15, -0.1) is 10.2 Å². The number of benzene rings is 1. The molecule has 0 saturated heterocycles. The lowest BCUT2D eigenvalue weighted by molar-refractivity contribution is 0.163. The van der Waals surface area contributed by atoms with E-state index >= 15 is 0 Å². The molecule has 0 radical (unpaired) electrons. The van der Waals surface area contributed by atoms with Crippen molar-refractivity contribution in [2.24, 2.45) is 5.92 Å². The van der Waals surface area contributed by atoms with Gasteiger partial charge in [0.25, 0.3) is 0 Å². The van der Waals surface area contributed by atoms with E-state index in [0.29, 0.717) is 17.8 Å². The predicted octanol–water partition coefficient (Wildman–Crippen LogP) is 2.45. The molecule has 3 aromatic rings. The summed E-state index contributed by atoms with van der Waals surface area (Å²) in [6.07, 6.45) is 8.33. The van der Waals surface area contributed by atoms with Crippen LogP contribution in [0.3, 0.4) is 0 Å². The third kappa shape index (κ3) is 2.82. The van der Waals surface area contributed by atoms with Crippen LogP contribution >= 0.6 is 0 Å². The van der Waals surface area contributed by atoms with Crippen molar-refractivity contribution in [3.05, 3.63) is 36.7 Å². The van der Waals surface area contributed by atoms with Crippen molar-refractivity contribution in [3.8, 4) is 22.8 Å². The normalized spacial score (nSPS) is 21.0. The number of imidazole rings is 1. The molecule has 2 aromatic heterocycles. The number of aliphatic hydroxyl groups is 1. The van der Waals surface area contributed by atoms with Crippen LogP contribution in [0.1, 0.15) is 31.7 Å². The minimum atomic E-state index is 0.278. The van der Waals surface area contributed by atoms with Crippen molar-refractivity contribution in [1.82, 2.24) is 30.2 Å². The molecule has 7 heteroatoms. The first-order chi connectivity index (χ1) is 11.8. The van der Waals surface area contributed by atoms with Crippen LogP contribution in [0.2, 0.25) is 0 Å². The highest BCUT2D eigenvalue weighted by Gasteiger charge is 2.24. The topological polar surface area (TPSA) is 92.5 Å². The number of aromatic amines is 1. The summed E-state index contributed by atoms with van der Waals surface area (Å²) in [6, 6.07) is 8.45. The number of H-pyrrole nitrogens is 1.